The average molecular weight is 499 g/mol. The number of thiocarbonyl (C=S) groups is 1. The van der Waals surface area contributed by atoms with Crippen molar-refractivity contribution in [3.05, 3.63) is 65.7 Å². The molecule has 0 radical (unpaired) electrons. The molecule has 0 aromatic heterocycles. The number of esters is 1. The molecule has 0 heterocycles. The second-order valence-electron chi connectivity index (χ2n) is 8.14. The molecule has 0 saturated carbocycles. The van der Waals surface area contributed by atoms with Gasteiger partial charge in [-0.05, 0) is 48.0 Å². The summed E-state index contributed by atoms with van der Waals surface area (Å²) in [6, 6.07) is 15.9. The molecule has 3 amide bonds. The van der Waals surface area contributed by atoms with Crippen molar-refractivity contribution in [2.45, 2.75) is 39.5 Å². The van der Waals surface area contributed by atoms with E-state index in [4.69, 9.17) is 17.0 Å². The normalized spacial score (nSPS) is 10.3. The van der Waals surface area contributed by atoms with Gasteiger partial charge < -0.3 is 15.4 Å². The monoisotopic (exact) mass is 498 g/mol. The maximum absolute atomic E-state index is 12.2. The maximum Gasteiger partial charge on any atom is 0.306 e. The molecule has 2 rings (SSSR count). The third kappa shape index (κ3) is 11.3. The number of anilines is 1. The lowest BCUT2D eigenvalue weighted by Gasteiger charge is -2.11. The van der Waals surface area contributed by atoms with Crippen LogP contribution in [0.25, 0.3) is 0 Å². The third-order valence-corrected chi connectivity index (χ3v) is 4.82. The van der Waals surface area contributed by atoms with Crippen molar-refractivity contribution in [3.63, 3.8) is 0 Å². The van der Waals surface area contributed by atoms with E-state index in [0.717, 1.165) is 5.56 Å². The van der Waals surface area contributed by atoms with Crippen LogP contribution in [0.2, 0.25) is 0 Å². The zero-order valence-electron chi connectivity index (χ0n) is 19.8. The van der Waals surface area contributed by atoms with Crippen molar-refractivity contribution < 1.29 is 23.9 Å². The lowest BCUT2D eigenvalue weighted by molar-refractivity contribution is -0.144. The first-order valence-electron chi connectivity index (χ1n) is 11.2. The van der Waals surface area contributed by atoms with Crippen LogP contribution in [0.1, 0.15) is 49.0 Å². The minimum absolute atomic E-state index is 0.0876. The van der Waals surface area contributed by atoms with Gasteiger partial charge in [0.1, 0.15) is 0 Å². The molecule has 0 aliphatic heterocycles. The molecule has 0 aliphatic rings. The van der Waals surface area contributed by atoms with Crippen LogP contribution in [0.4, 0.5) is 5.69 Å². The fourth-order valence-corrected chi connectivity index (χ4v) is 3.07. The highest BCUT2D eigenvalue weighted by Gasteiger charge is 2.11. The predicted molar refractivity (Wildman–Crippen MR) is 136 cm³/mol. The number of rotatable bonds is 10. The minimum atomic E-state index is -0.488. The van der Waals surface area contributed by atoms with E-state index >= 15 is 0 Å². The summed E-state index contributed by atoms with van der Waals surface area (Å²) >= 11 is 4.98. The molecule has 0 bridgehead atoms. The Morgan fingerprint density at radius 1 is 0.886 bits per heavy atom. The van der Waals surface area contributed by atoms with Crippen molar-refractivity contribution >= 4 is 46.7 Å². The zero-order valence-corrected chi connectivity index (χ0v) is 20.6. The molecule has 0 atom stereocenters. The van der Waals surface area contributed by atoms with Crippen LogP contribution in [0, 0.1) is 5.92 Å². The van der Waals surface area contributed by atoms with E-state index in [9.17, 15) is 19.2 Å². The van der Waals surface area contributed by atoms with Crippen molar-refractivity contribution in [2.24, 2.45) is 5.92 Å². The molecule has 4 N–H and O–H groups in total. The van der Waals surface area contributed by atoms with Gasteiger partial charge in [0.05, 0.1) is 13.0 Å². The Morgan fingerprint density at radius 3 is 2.23 bits per heavy atom. The fraction of sp³-hybridized carbons (Fsp3) is 0.320. The molecule has 0 fully saturated rings. The second-order valence-corrected chi connectivity index (χ2v) is 8.54. The summed E-state index contributed by atoms with van der Waals surface area (Å²) in [6.07, 6.45) is 0.812. The molecule has 0 aliphatic carbocycles. The van der Waals surface area contributed by atoms with E-state index in [1.54, 1.807) is 24.3 Å². The van der Waals surface area contributed by atoms with Gasteiger partial charge in [-0.2, -0.15) is 0 Å². The molecule has 9 nitrogen and oxygen atoms in total. The van der Waals surface area contributed by atoms with Crippen molar-refractivity contribution in [3.8, 4) is 0 Å². The van der Waals surface area contributed by atoms with Crippen molar-refractivity contribution in [1.82, 2.24) is 16.2 Å². The summed E-state index contributed by atoms with van der Waals surface area (Å²) in [4.78, 5) is 47.8. The van der Waals surface area contributed by atoms with E-state index < -0.39 is 17.8 Å². The van der Waals surface area contributed by atoms with Gasteiger partial charge in [-0.15, -0.1) is 0 Å². The van der Waals surface area contributed by atoms with Crippen molar-refractivity contribution in [2.75, 3.05) is 11.9 Å². The molecule has 2 aromatic carbocycles. The van der Waals surface area contributed by atoms with Gasteiger partial charge >= 0.3 is 5.97 Å². The first kappa shape index (κ1) is 27.5. The van der Waals surface area contributed by atoms with E-state index in [1.165, 1.54) is 0 Å². The molecule has 35 heavy (non-hydrogen) atoms. The van der Waals surface area contributed by atoms with Gasteiger partial charge in [0.25, 0.3) is 5.91 Å². The molecule has 0 unspecified atom stereocenters. The van der Waals surface area contributed by atoms with Gasteiger partial charge in [0, 0.05) is 30.5 Å². The number of hydrogen-bond donors (Lipinski definition) is 4. The number of carbonyl (C=O) groups is 4. The molecule has 186 valence electrons. The fourth-order valence-electron chi connectivity index (χ4n) is 2.91. The highest BCUT2D eigenvalue weighted by molar-refractivity contribution is 7.80. The Bertz CT molecular complexity index is 1030. The Balaban J connectivity index is 1.63. The number of hydrogen-bond acceptors (Lipinski definition) is 6. The summed E-state index contributed by atoms with van der Waals surface area (Å²) < 4.78 is 5.13. The first-order chi connectivity index (χ1) is 16.7. The first-order valence-corrected chi connectivity index (χ1v) is 11.6. The SMILES string of the molecule is CC(C)CC(=O)Nc1ccc(C(=O)NNC(=S)NC(=O)CCC(=O)OCCc2ccccc2)cc1. The van der Waals surface area contributed by atoms with Gasteiger partial charge in [-0.25, -0.2) is 0 Å². The Hall–Kier alpha value is -3.79. The van der Waals surface area contributed by atoms with Crippen LogP contribution in [0.5, 0.6) is 0 Å². The van der Waals surface area contributed by atoms with Gasteiger partial charge in [-0.3, -0.25) is 30.0 Å². The molecular formula is C25H30N4O5S. The van der Waals surface area contributed by atoms with E-state index in [0.29, 0.717) is 24.1 Å². The molecule has 0 spiro atoms. The molecule has 10 heteroatoms. The molecule has 0 saturated heterocycles. The van der Waals surface area contributed by atoms with Gasteiger partial charge in [0.2, 0.25) is 11.8 Å². The quantitative estimate of drug-likeness (QED) is 0.225. The van der Waals surface area contributed by atoms with Crippen LogP contribution in [0.15, 0.2) is 54.6 Å². The summed E-state index contributed by atoms with van der Waals surface area (Å²) in [6.45, 7) is 4.14. The Labute approximate surface area is 210 Å². The third-order valence-electron chi connectivity index (χ3n) is 4.62. The van der Waals surface area contributed by atoms with Crippen molar-refractivity contribution in [1.29, 1.82) is 0 Å². The number of benzene rings is 2. The van der Waals surface area contributed by atoms with E-state index in [1.807, 2.05) is 44.2 Å². The summed E-state index contributed by atoms with van der Waals surface area (Å²) in [5, 5.41) is 5.03. The number of carbonyl (C=O) groups excluding carboxylic acids is 4. The van der Waals surface area contributed by atoms with Crippen LogP contribution >= 0.6 is 12.2 Å². The van der Waals surface area contributed by atoms with E-state index in [-0.39, 0.29) is 36.4 Å². The lowest BCUT2D eigenvalue weighted by Crippen LogP contribution is -2.48. The lowest BCUT2D eigenvalue weighted by atomic mass is 10.1. The summed E-state index contributed by atoms with van der Waals surface area (Å²) in [5.41, 5.74) is 6.78. The van der Waals surface area contributed by atoms with Crippen LogP contribution in [-0.4, -0.2) is 35.4 Å². The highest BCUT2D eigenvalue weighted by Crippen LogP contribution is 2.11. The van der Waals surface area contributed by atoms with Crippen LogP contribution in [0.3, 0.4) is 0 Å². The molecular weight excluding hydrogens is 468 g/mol. The van der Waals surface area contributed by atoms with E-state index in [2.05, 4.69) is 21.5 Å². The number of ether oxygens (including phenoxy) is 1. The number of hydrazine groups is 1. The standard InChI is InChI=1S/C25H30N4O5S/c1-17(2)16-22(31)26-20-10-8-19(9-11-20)24(33)28-29-25(35)27-21(30)12-13-23(32)34-15-14-18-6-4-3-5-7-18/h3-11,17H,12-16H2,1-2H3,(H,26,31)(H,28,33)(H2,27,29,30,35). The number of nitrogens with one attached hydrogen (secondary N) is 4. The number of amides is 3. The average Bonchev–Trinajstić information content (AvgIpc) is 2.82. The topological polar surface area (TPSA) is 126 Å². The molecule has 2 aromatic rings. The zero-order chi connectivity index (χ0) is 25.6. The Kier molecular flexibility index (Phi) is 11.3. The van der Waals surface area contributed by atoms with Crippen LogP contribution < -0.4 is 21.5 Å². The van der Waals surface area contributed by atoms with Gasteiger partial charge in [-0.1, -0.05) is 44.2 Å². The van der Waals surface area contributed by atoms with Gasteiger partial charge in [0.15, 0.2) is 5.11 Å². The smallest absolute Gasteiger partial charge is 0.306 e. The predicted octanol–water partition coefficient (Wildman–Crippen LogP) is 2.87. The minimum Gasteiger partial charge on any atom is -0.465 e. The summed E-state index contributed by atoms with van der Waals surface area (Å²) in [7, 11) is 0. The van der Waals surface area contributed by atoms with Crippen LogP contribution in [-0.2, 0) is 25.5 Å². The second kappa shape index (κ2) is 14.5. The largest absolute Gasteiger partial charge is 0.465 e. The Morgan fingerprint density at radius 2 is 1.57 bits per heavy atom. The summed E-state index contributed by atoms with van der Waals surface area (Å²) in [5.74, 6) is -1.30. The maximum atomic E-state index is 12.2. The highest BCUT2D eigenvalue weighted by atomic mass is 32.1.